The number of anilines is 1. The molecule has 0 bridgehead atoms. The maximum absolute atomic E-state index is 12.5. The van der Waals surface area contributed by atoms with Gasteiger partial charge in [-0.15, -0.1) is 10.2 Å². The van der Waals surface area contributed by atoms with Crippen molar-refractivity contribution in [3.63, 3.8) is 0 Å². The van der Waals surface area contributed by atoms with Gasteiger partial charge >= 0.3 is 0 Å². The smallest absolute Gasteiger partial charge is 0.257 e. The van der Waals surface area contributed by atoms with Crippen LogP contribution in [0.15, 0.2) is 36.4 Å². The van der Waals surface area contributed by atoms with Gasteiger partial charge < -0.3 is 18.9 Å². The molecule has 2 heterocycles. The van der Waals surface area contributed by atoms with Crippen molar-refractivity contribution in [2.75, 3.05) is 26.3 Å². The van der Waals surface area contributed by atoms with Gasteiger partial charge in [-0.25, -0.2) is 0 Å². The first-order valence-electron chi connectivity index (χ1n) is 7.95. The van der Waals surface area contributed by atoms with E-state index in [0.717, 1.165) is 5.56 Å². The number of hydrogen-bond acceptors (Lipinski definition) is 8. The summed E-state index contributed by atoms with van der Waals surface area (Å²) in [7, 11) is 3.16. The van der Waals surface area contributed by atoms with Crippen LogP contribution in [0.3, 0.4) is 0 Å². The number of benzene rings is 2. The van der Waals surface area contributed by atoms with Gasteiger partial charge in [-0.05, 0) is 36.4 Å². The van der Waals surface area contributed by atoms with Crippen molar-refractivity contribution >= 4 is 22.4 Å². The van der Waals surface area contributed by atoms with E-state index in [1.807, 2.05) is 6.07 Å². The number of nitrogens with one attached hydrogen (secondary N) is 1. The molecular formula is C18H15N3O5S. The molecule has 0 unspecified atom stereocenters. The highest BCUT2D eigenvalue weighted by atomic mass is 32.1. The van der Waals surface area contributed by atoms with Gasteiger partial charge in [0, 0.05) is 5.56 Å². The summed E-state index contributed by atoms with van der Waals surface area (Å²) in [6.07, 6.45) is 0. The van der Waals surface area contributed by atoms with E-state index < -0.39 is 0 Å². The predicted molar refractivity (Wildman–Crippen MR) is 99.0 cm³/mol. The Bertz CT molecular complexity index is 1000. The van der Waals surface area contributed by atoms with Crippen LogP contribution in [-0.4, -0.2) is 37.1 Å². The van der Waals surface area contributed by atoms with Crippen LogP contribution in [-0.2, 0) is 0 Å². The van der Waals surface area contributed by atoms with E-state index in [4.69, 9.17) is 18.9 Å². The first-order valence-corrected chi connectivity index (χ1v) is 8.76. The van der Waals surface area contributed by atoms with Crippen molar-refractivity contribution < 1.29 is 23.7 Å². The fourth-order valence-electron chi connectivity index (χ4n) is 2.57. The molecule has 0 radical (unpaired) electrons. The average molecular weight is 385 g/mol. The minimum atomic E-state index is -0.311. The lowest BCUT2D eigenvalue weighted by atomic mass is 10.2. The van der Waals surface area contributed by atoms with Crippen molar-refractivity contribution in [1.82, 2.24) is 10.2 Å². The summed E-state index contributed by atoms with van der Waals surface area (Å²) in [5.41, 5.74) is 1.17. The Morgan fingerprint density at radius 1 is 1.07 bits per heavy atom. The molecule has 1 aromatic heterocycles. The van der Waals surface area contributed by atoms with Crippen LogP contribution in [0.2, 0.25) is 0 Å². The van der Waals surface area contributed by atoms with E-state index in [2.05, 4.69) is 15.5 Å². The van der Waals surface area contributed by atoms with Gasteiger partial charge in [-0.3, -0.25) is 10.1 Å². The number of fused-ring (bicyclic) bond motifs is 1. The molecule has 138 valence electrons. The zero-order valence-electron chi connectivity index (χ0n) is 14.5. The highest BCUT2D eigenvalue weighted by Crippen LogP contribution is 2.36. The number of aromatic nitrogens is 2. The Morgan fingerprint density at radius 2 is 1.93 bits per heavy atom. The zero-order valence-corrected chi connectivity index (χ0v) is 15.3. The third-order valence-electron chi connectivity index (χ3n) is 3.92. The molecule has 0 aliphatic carbocycles. The van der Waals surface area contributed by atoms with E-state index in [1.165, 1.54) is 11.3 Å². The lowest BCUT2D eigenvalue weighted by Gasteiger charge is -2.07. The Morgan fingerprint density at radius 3 is 2.74 bits per heavy atom. The Hall–Kier alpha value is -3.33. The van der Waals surface area contributed by atoms with Gasteiger partial charge in [-0.2, -0.15) is 0 Å². The maximum Gasteiger partial charge on any atom is 0.257 e. The summed E-state index contributed by atoms with van der Waals surface area (Å²) in [5, 5.41) is 11.9. The molecule has 4 rings (SSSR count). The number of rotatable bonds is 5. The first kappa shape index (κ1) is 17.1. The quantitative estimate of drug-likeness (QED) is 0.721. The average Bonchev–Trinajstić information content (AvgIpc) is 3.36. The molecule has 1 amide bonds. The topological polar surface area (TPSA) is 91.8 Å². The van der Waals surface area contributed by atoms with Crippen molar-refractivity contribution in [3.05, 3.63) is 42.0 Å². The van der Waals surface area contributed by atoms with Crippen LogP contribution < -0.4 is 24.3 Å². The molecule has 1 N–H and O–H groups in total. The van der Waals surface area contributed by atoms with Gasteiger partial charge in [0.1, 0.15) is 11.5 Å². The van der Waals surface area contributed by atoms with Crippen molar-refractivity contribution in [2.24, 2.45) is 0 Å². The normalized spacial score (nSPS) is 11.9. The van der Waals surface area contributed by atoms with Crippen LogP contribution in [0.5, 0.6) is 23.0 Å². The van der Waals surface area contributed by atoms with Crippen molar-refractivity contribution in [1.29, 1.82) is 0 Å². The highest BCUT2D eigenvalue weighted by Gasteiger charge is 2.18. The van der Waals surface area contributed by atoms with Gasteiger partial charge in [0.2, 0.25) is 11.9 Å². The lowest BCUT2D eigenvalue weighted by Crippen LogP contribution is -2.11. The minimum absolute atomic E-state index is 0.155. The molecule has 27 heavy (non-hydrogen) atoms. The van der Waals surface area contributed by atoms with Crippen LogP contribution in [0.25, 0.3) is 10.6 Å². The lowest BCUT2D eigenvalue weighted by molar-refractivity contribution is 0.102. The van der Waals surface area contributed by atoms with Gasteiger partial charge in [-0.1, -0.05) is 11.3 Å². The summed E-state index contributed by atoms with van der Waals surface area (Å²) in [6, 6.07) is 10.4. The molecule has 0 atom stereocenters. The minimum Gasteiger partial charge on any atom is -0.497 e. The van der Waals surface area contributed by atoms with Gasteiger partial charge in [0.25, 0.3) is 5.91 Å². The summed E-state index contributed by atoms with van der Waals surface area (Å²) in [5.74, 6) is 2.16. The summed E-state index contributed by atoms with van der Waals surface area (Å²) >= 11 is 1.24. The second kappa shape index (κ2) is 7.12. The largest absolute Gasteiger partial charge is 0.497 e. The molecule has 0 spiro atoms. The molecule has 0 fully saturated rings. The Labute approximate surface area is 158 Å². The van der Waals surface area contributed by atoms with Gasteiger partial charge in [0.15, 0.2) is 16.5 Å². The summed E-state index contributed by atoms with van der Waals surface area (Å²) in [4.78, 5) is 12.5. The Kier molecular flexibility index (Phi) is 4.51. The third kappa shape index (κ3) is 3.36. The predicted octanol–water partition coefficient (Wildman–Crippen LogP) is 3.20. The molecule has 8 nitrogen and oxygen atoms in total. The maximum atomic E-state index is 12.5. The van der Waals surface area contributed by atoms with Crippen LogP contribution in [0.4, 0.5) is 5.13 Å². The number of carbonyl (C=O) groups excluding carboxylic acids is 1. The summed E-state index contributed by atoms with van der Waals surface area (Å²) < 4.78 is 21.2. The van der Waals surface area contributed by atoms with Gasteiger partial charge in [0.05, 0.1) is 19.8 Å². The standard InChI is InChI=1S/C18H15N3O5S/c1-23-11-4-6-13(24-2)12(8-11)17-20-21-18(27-17)19-16(22)10-3-5-14-15(7-10)26-9-25-14/h3-8H,9H2,1-2H3,(H,19,21,22). The van der Waals surface area contributed by atoms with Crippen molar-refractivity contribution in [2.45, 2.75) is 0 Å². The Balaban J connectivity index is 1.55. The SMILES string of the molecule is COc1ccc(OC)c(-c2nnc(NC(=O)c3ccc4c(c3)OCO4)s2)c1. The van der Waals surface area contributed by atoms with Crippen LogP contribution >= 0.6 is 11.3 Å². The number of ether oxygens (including phenoxy) is 4. The van der Waals surface area contributed by atoms with E-state index in [0.29, 0.717) is 38.7 Å². The summed E-state index contributed by atoms with van der Waals surface area (Å²) in [6.45, 7) is 0.155. The molecule has 0 saturated carbocycles. The molecule has 1 aliphatic heterocycles. The molecule has 2 aromatic carbocycles. The molecule has 1 aliphatic rings. The van der Waals surface area contributed by atoms with E-state index in [9.17, 15) is 4.79 Å². The second-order valence-corrected chi connectivity index (χ2v) is 6.48. The number of amides is 1. The number of methoxy groups -OCH3 is 2. The molecule has 0 saturated heterocycles. The van der Waals surface area contributed by atoms with Crippen LogP contribution in [0, 0.1) is 0 Å². The van der Waals surface area contributed by atoms with E-state index in [1.54, 1.807) is 44.6 Å². The van der Waals surface area contributed by atoms with E-state index in [-0.39, 0.29) is 12.7 Å². The number of hydrogen-bond donors (Lipinski definition) is 1. The number of nitrogens with zero attached hydrogens (tertiary/aromatic N) is 2. The highest BCUT2D eigenvalue weighted by molar-refractivity contribution is 7.18. The fourth-order valence-corrected chi connectivity index (χ4v) is 3.33. The third-order valence-corrected chi connectivity index (χ3v) is 4.79. The fraction of sp³-hybridized carbons (Fsp3) is 0.167. The first-order chi connectivity index (χ1) is 13.2. The number of carbonyl (C=O) groups is 1. The molecular weight excluding hydrogens is 370 g/mol. The second-order valence-electron chi connectivity index (χ2n) is 5.50. The van der Waals surface area contributed by atoms with E-state index >= 15 is 0 Å². The molecule has 9 heteroatoms. The zero-order chi connectivity index (χ0) is 18.8. The monoisotopic (exact) mass is 385 g/mol. The molecule has 3 aromatic rings. The van der Waals surface area contributed by atoms with Crippen LogP contribution in [0.1, 0.15) is 10.4 Å². The van der Waals surface area contributed by atoms with Crippen molar-refractivity contribution in [3.8, 4) is 33.6 Å².